The highest BCUT2D eigenvalue weighted by atomic mass is 32.2. The molecule has 2 aromatic rings. The van der Waals surface area contributed by atoms with Crippen LogP contribution in [0.4, 0.5) is 5.82 Å². The van der Waals surface area contributed by atoms with Crippen LogP contribution in [-0.2, 0) is 14.8 Å². The molecule has 0 aliphatic carbocycles. The number of hydrogen-bond acceptors (Lipinski definition) is 6. The van der Waals surface area contributed by atoms with Gasteiger partial charge < -0.3 is 14.6 Å². The smallest absolute Gasteiger partial charge is 0.213 e. The van der Waals surface area contributed by atoms with Gasteiger partial charge in [0.1, 0.15) is 17.8 Å². The first-order valence-corrected chi connectivity index (χ1v) is 10.9. The number of piperidine rings is 1. The number of aromatic nitrogens is 3. The first kappa shape index (κ1) is 20.0. The van der Waals surface area contributed by atoms with E-state index in [9.17, 15) is 8.42 Å². The van der Waals surface area contributed by atoms with Gasteiger partial charge >= 0.3 is 0 Å². The number of anilines is 1. The lowest BCUT2D eigenvalue weighted by Crippen LogP contribution is -2.46. The summed E-state index contributed by atoms with van der Waals surface area (Å²) in [7, 11) is 2.37. The van der Waals surface area contributed by atoms with Crippen LogP contribution in [0.25, 0.3) is 11.0 Å². The Bertz CT molecular complexity index is 896. The maximum Gasteiger partial charge on any atom is 0.213 e. The molecule has 3 atom stereocenters. The highest BCUT2D eigenvalue weighted by Gasteiger charge is 2.38. The summed E-state index contributed by atoms with van der Waals surface area (Å²) in [5, 5.41) is 0.941. The summed E-state index contributed by atoms with van der Waals surface area (Å²) >= 11 is 0. The summed E-state index contributed by atoms with van der Waals surface area (Å²) in [6.07, 6.45) is 2.34. The normalized spacial score (nSPS) is 22.9. The predicted molar refractivity (Wildman–Crippen MR) is 107 cm³/mol. The van der Waals surface area contributed by atoms with Crippen LogP contribution in [0.5, 0.6) is 0 Å². The van der Waals surface area contributed by atoms with Crippen LogP contribution < -0.4 is 4.90 Å². The molecule has 1 aliphatic heterocycles. The molecule has 8 nitrogen and oxygen atoms in total. The highest BCUT2D eigenvalue weighted by molar-refractivity contribution is 7.89. The van der Waals surface area contributed by atoms with E-state index in [0.717, 1.165) is 29.0 Å². The van der Waals surface area contributed by atoms with Crippen molar-refractivity contribution in [3.63, 3.8) is 0 Å². The van der Waals surface area contributed by atoms with Crippen molar-refractivity contribution in [2.24, 2.45) is 5.92 Å². The fourth-order valence-corrected chi connectivity index (χ4v) is 5.08. The molecule has 0 amide bonds. The second kappa shape index (κ2) is 7.73. The molecule has 1 aliphatic rings. The van der Waals surface area contributed by atoms with Gasteiger partial charge in [0.05, 0.1) is 17.2 Å². The standard InChI is InChI=1S/C18H29N5O3S/c1-6-27(24,25)23-8-7-13(12(2)26-5)15(10-23)16-9-14-17(21-16)19-11-20-18(14)22(3)4/h9,11-13,15H,6-8,10H2,1-5H3,(H,19,20,21). The quantitative estimate of drug-likeness (QED) is 0.802. The third-order valence-electron chi connectivity index (χ3n) is 5.61. The van der Waals surface area contributed by atoms with Gasteiger partial charge in [-0.05, 0) is 32.3 Å². The molecule has 1 N–H and O–H groups in total. The zero-order valence-electron chi connectivity index (χ0n) is 16.6. The summed E-state index contributed by atoms with van der Waals surface area (Å²) < 4.78 is 32.1. The van der Waals surface area contributed by atoms with E-state index in [0.29, 0.717) is 13.1 Å². The number of methoxy groups -OCH3 is 1. The predicted octanol–water partition coefficient (Wildman–Crippen LogP) is 1.81. The molecule has 0 saturated carbocycles. The van der Waals surface area contributed by atoms with Crippen LogP contribution in [0, 0.1) is 5.92 Å². The van der Waals surface area contributed by atoms with Gasteiger partial charge in [-0.2, -0.15) is 0 Å². The zero-order valence-corrected chi connectivity index (χ0v) is 17.5. The van der Waals surface area contributed by atoms with Gasteiger partial charge in [0.15, 0.2) is 0 Å². The highest BCUT2D eigenvalue weighted by Crippen LogP contribution is 2.38. The fraction of sp³-hybridized carbons (Fsp3) is 0.667. The molecule has 3 heterocycles. The van der Waals surface area contributed by atoms with Crippen LogP contribution in [0.1, 0.15) is 31.9 Å². The van der Waals surface area contributed by atoms with Crippen LogP contribution in [-0.4, -0.2) is 73.8 Å². The summed E-state index contributed by atoms with van der Waals surface area (Å²) in [4.78, 5) is 14.1. The van der Waals surface area contributed by atoms with E-state index < -0.39 is 10.0 Å². The lowest BCUT2D eigenvalue weighted by molar-refractivity contribution is 0.0330. The first-order valence-electron chi connectivity index (χ1n) is 9.30. The molecule has 1 fully saturated rings. The average molecular weight is 396 g/mol. The second-order valence-corrected chi connectivity index (χ2v) is 9.59. The van der Waals surface area contributed by atoms with Crippen molar-refractivity contribution in [1.82, 2.24) is 19.3 Å². The van der Waals surface area contributed by atoms with Gasteiger partial charge in [-0.15, -0.1) is 0 Å². The van der Waals surface area contributed by atoms with E-state index in [1.54, 1.807) is 24.7 Å². The van der Waals surface area contributed by atoms with Crippen molar-refractivity contribution in [3.8, 4) is 0 Å². The van der Waals surface area contributed by atoms with Crippen molar-refractivity contribution in [3.05, 3.63) is 18.1 Å². The van der Waals surface area contributed by atoms with E-state index in [1.165, 1.54) is 0 Å². The molecule has 3 unspecified atom stereocenters. The van der Waals surface area contributed by atoms with Gasteiger partial charge in [0.25, 0.3) is 0 Å². The number of ether oxygens (including phenoxy) is 1. The fourth-order valence-electron chi connectivity index (χ4n) is 3.94. The lowest BCUT2D eigenvalue weighted by Gasteiger charge is -2.39. The molecule has 1 saturated heterocycles. The molecule has 0 aromatic carbocycles. The Kier molecular flexibility index (Phi) is 5.73. The molecular formula is C18H29N5O3S. The van der Waals surface area contributed by atoms with Crippen LogP contribution in [0.2, 0.25) is 0 Å². The largest absolute Gasteiger partial charge is 0.381 e. The Morgan fingerprint density at radius 3 is 2.78 bits per heavy atom. The SMILES string of the molecule is CCS(=O)(=O)N1CCC(C(C)OC)C(c2cc3c(N(C)C)ncnc3[nH]2)C1. The van der Waals surface area contributed by atoms with Crippen molar-refractivity contribution < 1.29 is 13.2 Å². The number of sulfonamides is 1. The summed E-state index contributed by atoms with van der Waals surface area (Å²) in [5.74, 6) is 1.20. The number of aromatic amines is 1. The number of fused-ring (bicyclic) bond motifs is 1. The number of rotatable bonds is 6. The number of nitrogens with one attached hydrogen (secondary N) is 1. The van der Waals surface area contributed by atoms with Crippen LogP contribution >= 0.6 is 0 Å². The Morgan fingerprint density at radius 1 is 1.41 bits per heavy atom. The monoisotopic (exact) mass is 395 g/mol. The maximum atomic E-state index is 12.4. The van der Waals surface area contributed by atoms with Crippen molar-refractivity contribution in [1.29, 1.82) is 0 Å². The number of hydrogen-bond donors (Lipinski definition) is 1. The van der Waals surface area contributed by atoms with Gasteiger partial charge in [-0.1, -0.05) is 0 Å². The van der Waals surface area contributed by atoms with E-state index in [-0.39, 0.29) is 23.7 Å². The topological polar surface area (TPSA) is 91.4 Å². The summed E-state index contributed by atoms with van der Waals surface area (Å²) in [6.45, 7) is 4.73. The minimum atomic E-state index is -3.23. The molecule has 2 aromatic heterocycles. The third-order valence-corrected chi connectivity index (χ3v) is 7.46. The number of nitrogens with zero attached hydrogens (tertiary/aromatic N) is 4. The molecule has 0 spiro atoms. The van der Waals surface area contributed by atoms with Gasteiger partial charge in [-0.25, -0.2) is 22.7 Å². The maximum absolute atomic E-state index is 12.4. The average Bonchev–Trinajstić information content (AvgIpc) is 3.10. The van der Waals surface area contributed by atoms with E-state index >= 15 is 0 Å². The van der Waals surface area contributed by atoms with E-state index in [1.807, 2.05) is 19.0 Å². The minimum Gasteiger partial charge on any atom is -0.381 e. The Labute approximate surface area is 161 Å². The zero-order chi connectivity index (χ0) is 19.8. The Hall–Kier alpha value is -1.71. The molecule has 0 radical (unpaired) electrons. The Balaban J connectivity index is 2.03. The minimum absolute atomic E-state index is 0.0132. The molecule has 3 rings (SSSR count). The van der Waals surface area contributed by atoms with Crippen molar-refractivity contribution >= 4 is 26.9 Å². The Morgan fingerprint density at radius 2 is 2.15 bits per heavy atom. The molecule has 150 valence electrons. The molecular weight excluding hydrogens is 366 g/mol. The lowest BCUT2D eigenvalue weighted by atomic mass is 9.81. The number of H-pyrrole nitrogens is 1. The van der Waals surface area contributed by atoms with E-state index in [2.05, 4.69) is 27.9 Å². The molecule has 27 heavy (non-hydrogen) atoms. The summed E-state index contributed by atoms with van der Waals surface area (Å²) in [5.41, 5.74) is 1.75. The first-order chi connectivity index (χ1) is 12.8. The van der Waals surface area contributed by atoms with E-state index in [4.69, 9.17) is 4.74 Å². The second-order valence-electron chi connectivity index (χ2n) is 7.34. The van der Waals surface area contributed by atoms with Crippen LogP contribution in [0.3, 0.4) is 0 Å². The van der Waals surface area contributed by atoms with Crippen molar-refractivity contribution in [2.45, 2.75) is 32.3 Å². The summed E-state index contributed by atoms with van der Waals surface area (Å²) in [6, 6.07) is 2.06. The third kappa shape index (κ3) is 3.81. The molecule has 0 bridgehead atoms. The van der Waals surface area contributed by atoms with Gasteiger partial charge in [-0.3, -0.25) is 0 Å². The van der Waals surface area contributed by atoms with Crippen LogP contribution in [0.15, 0.2) is 12.4 Å². The van der Waals surface area contributed by atoms with Gasteiger partial charge in [0.2, 0.25) is 10.0 Å². The molecule has 9 heteroatoms. The van der Waals surface area contributed by atoms with Gasteiger partial charge in [0, 0.05) is 45.9 Å². The van der Waals surface area contributed by atoms with Crippen molar-refractivity contribution in [2.75, 3.05) is 44.9 Å².